The molecule has 2 aliphatic heterocycles. The van der Waals surface area contributed by atoms with Crippen molar-refractivity contribution >= 4 is 22.0 Å². The van der Waals surface area contributed by atoms with Crippen LogP contribution in [-0.2, 0) is 4.74 Å². The third kappa shape index (κ3) is 2.37. The number of amides is 1. The number of carbonyl (C=O) groups is 1. The van der Waals surface area contributed by atoms with Gasteiger partial charge in [-0.2, -0.15) is 0 Å². The number of likely N-dealkylation sites (tertiary alicyclic amines) is 1. The highest BCUT2D eigenvalue weighted by molar-refractivity contribution is 9.10. The fraction of sp³-hybridized carbons (Fsp3) is 0.571. The highest BCUT2D eigenvalue weighted by Gasteiger charge is 2.44. The third-order valence-electron chi connectivity index (χ3n) is 3.41. The largest absolute Gasteiger partial charge is 0.487 e. The van der Waals surface area contributed by atoms with E-state index in [0.29, 0.717) is 6.54 Å². The van der Waals surface area contributed by atoms with Crippen molar-refractivity contribution in [2.75, 3.05) is 6.54 Å². The van der Waals surface area contributed by atoms with Crippen LogP contribution in [-0.4, -0.2) is 34.2 Å². The van der Waals surface area contributed by atoms with Crippen molar-refractivity contribution < 1.29 is 14.3 Å². The summed E-state index contributed by atoms with van der Waals surface area (Å²) >= 11 is 3.45. The van der Waals surface area contributed by atoms with Gasteiger partial charge in [-0.25, -0.2) is 4.79 Å². The Labute approximate surface area is 126 Å². The molecule has 2 atom stereocenters. The van der Waals surface area contributed by atoms with Crippen LogP contribution in [0.1, 0.15) is 38.8 Å². The first-order chi connectivity index (χ1) is 9.35. The van der Waals surface area contributed by atoms with E-state index in [1.165, 1.54) is 0 Å². The second-order valence-electron chi connectivity index (χ2n) is 6.16. The van der Waals surface area contributed by atoms with Crippen molar-refractivity contribution in [3.63, 3.8) is 0 Å². The van der Waals surface area contributed by atoms with Crippen molar-refractivity contribution in [3.05, 3.63) is 22.4 Å². The van der Waals surface area contributed by atoms with E-state index in [-0.39, 0.29) is 18.2 Å². The van der Waals surface area contributed by atoms with Crippen LogP contribution in [0, 0.1) is 0 Å². The fourth-order valence-corrected chi connectivity index (χ4v) is 3.11. The fourth-order valence-electron chi connectivity index (χ4n) is 2.67. The van der Waals surface area contributed by atoms with E-state index in [9.17, 15) is 4.79 Å². The molecule has 0 N–H and O–H groups in total. The maximum absolute atomic E-state index is 12.3. The molecule has 1 saturated heterocycles. The Bertz CT molecular complexity index is 556. The molecule has 20 heavy (non-hydrogen) atoms. The molecule has 0 aromatic carbocycles. The molecule has 0 radical (unpaired) electrons. The zero-order valence-electron chi connectivity index (χ0n) is 11.7. The van der Waals surface area contributed by atoms with E-state index in [1.807, 2.05) is 20.8 Å². The Morgan fingerprint density at radius 1 is 1.50 bits per heavy atom. The topological polar surface area (TPSA) is 51.7 Å². The minimum absolute atomic E-state index is 0.0106. The molecular weight excluding hydrogens is 324 g/mol. The first kappa shape index (κ1) is 13.7. The Kier molecular flexibility index (Phi) is 3.16. The number of hydrogen-bond donors (Lipinski definition) is 0. The normalized spacial score (nSPS) is 24.1. The summed E-state index contributed by atoms with van der Waals surface area (Å²) in [4.78, 5) is 18.2. The lowest BCUT2D eigenvalue weighted by atomic mass is 10.0. The minimum atomic E-state index is -0.493. The smallest absolute Gasteiger partial charge is 0.410 e. The van der Waals surface area contributed by atoms with Gasteiger partial charge < -0.3 is 9.47 Å². The monoisotopic (exact) mass is 340 g/mol. The van der Waals surface area contributed by atoms with E-state index in [4.69, 9.17) is 9.47 Å². The van der Waals surface area contributed by atoms with E-state index < -0.39 is 5.60 Å². The van der Waals surface area contributed by atoms with Gasteiger partial charge >= 0.3 is 6.09 Å². The van der Waals surface area contributed by atoms with Crippen LogP contribution >= 0.6 is 15.9 Å². The lowest BCUT2D eigenvalue weighted by Crippen LogP contribution is -2.36. The van der Waals surface area contributed by atoms with Crippen LogP contribution in [0.15, 0.2) is 16.9 Å². The molecule has 0 saturated carbocycles. The number of fused-ring (bicyclic) bond motifs is 4. The van der Waals surface area contributed by atoms with Crippen LogP contribution in [0.4, 0.5) is 4.79 Å². The minimum Gasteiger partial charge on any atom is -0.487 e. The third-order valence-corrected chi connectivity index (χ3v) is 3.98. The molecule has 3 rings (SSSR count). The Balaban J connectivity index is 1.89. The summed E-state index contributed by atoms with van der Waals surface area (Å²) in [6, 6.07) is -0.0106. The molecule has 2 bridgehead atoms. The summed E-state index contributed by atoms with van der Waals surface area (Å²) in [6.07, 6.45) is 4.01. The highest BCUT2D eigenvalue weighted by Crippen LogP contribution is 2.46. The number of aromatic nitrogens is 1. The molecule has 1 fully saturated rings. The molecule has 0 aliphatic carbocycles. The van der Waals surface area contributed by atoms with Gasteiger partial charge in [-0.3, -0.25) is 9.88 Å². The second kappa shape index (κ2) is 4.62. The zero-order valence-corrected chi connectivity index (χ0v) is 13.3. The molecule has 1 amide bonds. The van der Waals surface area contributed by atoms with Crippen molar-refractivity contribution in [1.82, 2.24) is 9.88 Å². The molecule has 0 unspecified atom stereocenters. The SMILES string of the molecule is CC(C)(C)OC(=O)N1C[C@@H]2C[C@H]1c1cncc(Br)c1O2. The average molecular weight is 341 g/mol. The van der Waals surface area contributed by atoms with Gasteiger partial charge in [0.15, 0.2) is 0 Å². The summed E-state index contributed by atoms with van der Waals surface area (Å²) in [5, 5.41) is 0. The van der Waals surface area contributed by atoms with E-state index >= 15 is 0 Å². The average Bonchev–Trinajstić information content (AvgIpc) is 2.67. The quantitative estimate of drug-likeness (QED) is 0.727. The van der Waals surface area contributed by atoms with Crippen molar-refractivity contribution in [2.24, 2.45) is 0 Å². The highest BCUT2D eigenvalue weighted by atomic mass is 79.9. The number of nitrogens with zero attached hydrogens (tertiary/aromatic N) is 2. The van der Waals surface area contributed by atoms with Crippen molar-refractivity contribution in [2.45, 2.75) is 44.9 Å². The van der Waals surface area contributed by atoms with Gasteiger partial charge in [0.25, 0.3) is 0 Å². The van der Waals surface area contributed by atoms with E-state index in [0.717, 1.165) is 22.2 Å². The number of halogens is 1. The van der Waals surface area contributed by atoms with Gasteiger partial charge in [-0.1, -0.05) is 0 Å². The van der Waals surface area contributed by atoms with Crippen LogP contribution in [0.3, 0.4) is 0 Å². The number of pyridine rings is 1. The zero-order chi connectivity index (χ0) is 14.5. The summed E-state index contributed by atoms with van der Waals surface area (Å²) in [6.45, 7) is 6.17. The standard InChI is InChI=1S/C14H17BrN2O3/c1-14(2,3)20-13(18)17-7-8-4-11(17)9-5-16-6-10(15)12(9)19-8/h5-6,8,11H,4,7H2,1-3H3/t8-,11-/m0/s1. The first-order valence-corrected chi connectivity index (χ1v) is 7.44. The summed E-state index contributed by atoms with van der Waals surface area (Å²) in [5.41, 5.74) is 0.450. The van der Waals surface area contributed by atoms with Gasteiger partial charge in [-0.05, 0) is 36.7 Å². The van der Waals surface area contributed by atoms with Crippen LogP contribution in [0.25, 0.3) is 0 Å². The van der Waals surface area contributed by atoms with Crippen molar-refractivity contribution in [1.29, 1.82) is 0 Å². The lowest BCUT2D eigenvalue weighted by molar-refractivity contribution is 0.0222. The van der Waals surface area contributed by atoms with Gasteiger partial charge in [-0.15, -0.1) is 0 Å². The molecule has 5 nitrogen and oxygen atoms in total. The molecule has 6 heteroatoms. The molecule has 1 aromatic heterocycles. The van der Waals surface area contributed by atoms with Crippen molar-refractivity contribution in [3.8, 4) is 5.75 Å². The maximum Gasteiger partial charge on any atom is 0.410 e. The summed E-state index contributed by atoms with van der Waals surface area (Å²) in [5.74, 6) is 0.798. The predicted octanol–water partition coefficient (Wildman–Crippen LogP) is 3.29. The number of rotatable bonds is 0. The molecular formula is C14H17BrN2O3. The second-order valence-corrected chi connectivity index (χ2v) is 7.02. The van der Waals surface area contributed by atoms with Crippen LogP contribution in [0.5, 0.6) is 5.75 Å². The van der Waals surface area contributed by atoms with Crippen LogP contribution < -0.4 is 4.74 Å². The van der Waals surface area contributed by atoms with Crippen LogP contribution in [0.2, 0.25) is 0 Å². The van der Waals surface area contributed by atoms with E-state index in [2.05, 4.69) is 20.9 Å². The molecule has 2 aliphatic rings. The molecule has 108 valence electrons. The Morgan fingerprint density at radius 3 is 2.95 bits per heavy atom. The molecule has 3 heterocycles. The van der Waals surface area contributed by atoms with Gasteiger partial charge in [0.1, 0.15) is 17.5 Å². The van der Waals surface area contributed by atoms with Gasteiger partial charge in [0, 0.05) is 24.4 Å². The number of carbonyl (C=O) groups excluding carboxylic acids is 1. The first-order valence-electron chi connectivity index (χ1n) is 6.65. The predicted molar refractivity (Wildman–Crippen MR) is 76.7 cm³/mol. The summed E-state index contributed by atoms with van der Waals surface area (Å²) < 4.78 is 12.2. The lowest BCUT2D eigenvalue weighted by Gasteiger charge is -2.29. The summed E-state index contributed by atoms with van der Waals surface area (Å²) in [7, 11) is 0. The Hall–Kier alpha value is -1.30. The maximum atomic E-state index is 12.3. The van der Waals surface area contributed by atoms with Gasteiger partial charge in [0.2, 0.25) is 0 Å². The Morgan fingerprint density at radius 2 is 2.25 bits per heavy atom. The molecule has 1 aromatic rings. The van der Waals surface area contributed by atoms with E-state index in [1.54, 1.807) is 17.3 Å². The molecule has 0 spiro atoms. The number of hydrogen-bond acceptors (Lipinski definition) is 4. The van der Waals surface area contributed by atoms with Gasteiger partial charge in [0.05, 0.1) is 17.1 Å². The number of ether oxygens (including phenoxy) is 2.